The van der Waals surface area contributed by atoms with Crippen LogP contribution in [0.1, 0.15) is 39.8 Å². The van der Waals surface area contributed by atoms with Crippen molar-refractivity contribution in [1.29, 1.82) is 0 Å². The number of aromatic nitrogens is 4. The maximum Gasteiger partial charge on any atom is 0.337 e. The number of carboxylic acids is 1. The molecular weight excluding hydrogens is 342 g/mol. The van der Waals surface area contributed by atoms with Crippen LogP contribution in [0.5, 0.6) is 0 Å². The van der Waals surface area contributed by atoms with Crippen LogP contribution in [0.25, 0.3) is 5.69 Å². The molecule has 27 heavy (non-hydrogen) atoms. The van der Waals surface area contributed by atoms with E-state index >= 15 is 0 Å². The number of rotatable bonds is 5. The largest absolute Gasteiger partial charge is 0.478 e. The summed E-state index contributed by atoms with van der Waals surface area (Å²) in [4.78, 5) is 22.5. The Morgan fingerprint density at radius 1 is 1.30 bits per heavy atom. The second kappa shape index (κ2) is 7.28. The average Bonchev–Trinajstić information content (AvgIpc) is 3.32. The second-order valence-electron chi connectivity index (χ2n) is 6.86. The maximum atomic E-state index is 11.4. The van der Waals surface area contributed by atoms with E-state index in [-0.39, 0.29) is 5.56 Å². The first-order valence-corrected chi connectivity index (χ1v) is 8.98. The predicted octanol–water partition coefficient (Wildman–Crippen LogP) is 2.66. The number of likely N-dealkylation sites (tertiary alicyclic amines) is 1. The third-order valence-corrected chi connectivity index (χ3v) is 4.91. The van der Waals surface area contributed by atoms with E-state index in [0.717, 1.165) is 43.1 Å². The van der Waals surface area contributed by atoms with Gasteiger partial charge in [-0.05, 0) is 38.1 Å². The summed E-state index contributed by atoms with van der Waals surface area (Å²) in [6.45, 7) is 4.66. The first kappa shape index (κ1) is 17.4. The van der Waals surface area contributed by atoms with Crippen LogP contribution in [0.3, 0.4) is 0 Å². The Hall–Kier alpha value is -3.06. The molecule has 1 aliphatic heterocycles. The van der Waals surface area contributed by atoms with Gasteiger partial charge < -0.3 is 5.11 Å². The van der Waals surface area contributed by atoms with Crippen molar-refractivity contribution in [1.82, 2.24) is 24.6 Å². The molecule has 1 saturated heterocycles. The number of hydrogen-bond acceptors (Lipinski definition) is 5. The quantitative estimate of drug-likeness (QED) is 0.750. The first-order chi connectivity index (χ1) is 13.1. The van der Waals surface area contributed by atoms with Crippen molar-refractivity contribution in [3.8, 4) is 5.69 Å². The monoisotopic (exact) mass is 363 g/mol. The summed E-state index contributed by atoms with van der Waals surface area (Å²) < 4.78 is 1.64. The van der Waals surface area contributed by atoms with Crippen LogP contribution in [-0.4, -0.2) is 48.8 Å². The van der Waals surface area contributed by atoms with Crippen molar-refractivity contribution in [2.24, 2.45) is 0 Å². The van der Waals surface area contributed by atoms with Crippen LogP contribution < -0.4 is 0 Å². The first-order valence-electron chi connectivity index (χ1n) is 8.98. The molecule has 0 bridgehead atoms. The van der Waals surface area contributed by atoms with E-state index in [1.807, 2.05) is 31.5 Å². The van der Waals surface area contributed by atoms with Crippen LogP contribution in [0.2, 0.25) is 0 Å². The summed E-state index contributed by atoms with van der Waals surface area (Å²) in [5, 5.41) is 13.7. The van der Waals surface area contributed by atoms with E-state index in [4.69, 9.17) is 0 Å². The van der Waals surface area contributed by atoms with Gasteiger partial charge in [0.15, 0.2) is 0 Å². The van der Waals surface area contributed by atoms with Gasteiger partial charge in [-0.3, -0.25) is 4.90 Å². The number of carboxylic acid groups (broad SMARTS) is 1. The van der Waals surface area contributed by atoms with Gasteiger partial charge in [-0.25, -0.2) is 19.4 Å². The third kappa shape index (κ3) is 3.73. The van der Waals surface area contributed by atoms with Crippen molar-refractivity contribution >= 4 is 5.97 Å². The fourth-order valence-corrected chi connectivity index (χ4v) is 3.61. The van der Waals surface area contributed by atoms with Gasteiger partial charge in [0.25, 0.3) is 0 Å². The molecule has 1 atom stereocenters. The summed E-state index contributed by atoms with van der Waals surface area (Å²) in [7, 11) is 0. The Balaban J connectivity index is 1.46. The zero-order chi connectivity index (χ0) is 18.8. The van der Waals surface area contributed by atoms with Crippen LogP contribution in [0.15, 0.2) is 48.9 Å². The topological polar surface area (TPSA) is 84.1 Å². The van der Waals surface area contributed by atoms with E-state index in [9.17, 15) is 9.90 Å². The van der Waals surface area contributed by atoms with Gasteiger partial charge in [-0.2, -0.15) is 5.10 Å². The fourth-order valence-electron chi connectivity index (χ4n) is 3.61. The highest BCUT2D eigenvalue weighted by molar-refractivity contribution is 5.91. The van der Waals surface area contributed by atoms with E-state index in [0.29, 0.717) is 11.6 Å². The summed E-state index contributed by atoms with van der Waals surface area (Å²) in [5.41, 5.74) is 2.99. The molecule has 0 aliphatic carbocycles. The Morgan fingerprint density at radius 3 is 2.96 bits per heavy atom. The Morgan fingerprint density at radius 2 is 2.15 bits per heavy atom. The molecule has 2 aromatic heterocycles. The molecule has 7 nitrogen and oxygen atoms in total. The van der Waals surface area contributed by atoms with Crippen molar-refractivity contribution in [2.45, 2.75) is 25.8 Å². The SMILES string of the molecule is Cc1nccc([C@H]2CCN(Cc3cnn(-c4ccccc4C(=O)O)c3)C2)n1. The van der Waals surface area contributed by atoms with Crippen molar-refractivity contribution in [2.75, 3.05) is 13.1 Å². The van der Waals surface area contributed by atoms with E-state index < -0.39 is 5.97 Å². The van der Waals surface area contributed by atoms with Crippen molar-refractivity contribution in [3.05, 3.63) is 71.6 Å². The molecule has 1 aliphatic rings. The molecule has 1 fully saturated rings. The van der Waals surface area contributed by atoms with Gasteiger partial charge in [0.2, 0.25) is 0 Å². The molecule has 138 valence electrons. The van der Waals surface area contributed by atoms with Crippen molar-refractivity contribution in [3.63, 3.8) is 0 Å². The average molecular weight is 363 g/mol. The van der Waals surface area contributed by atoms with E-state index in [2.05, 4.69) is 20.0 Å². The minimum Gasteiger partial charge on any atom is -0.478 e. The Kier molecular flexibility index (Phi) is 4.68. The van der Waals surface area contributed by atoms with Gasteiger partial charge in [0.05, 0.1) is 17.4 Å². The van der Waals surface area contributed by atoms with Crippen LogP contribution in [-0.2, 0) is 6.54 Å². The highest BCUT2D eigenvalue weighted by Crippen LogP contribution is 2.27. The summed E-state index contributed by atoms with van der Waals surface area (Å²) in [5.74, 6) is 0.281. The zero-order valence-electron chi connectivity index (χ0n) is 15.1. The molecule has 0 saturated carbocycles. The van der Waals surface area contributed by atoms with E-state index in [1.54, 1.807) is 29.1 Å². The predicted molar refractivity (Wildman–Crippen MR) is 99.9 cm³/mol. The molecule has 0 amide bonds. The maximum absolute atomic E-state index is 11.4. The van der Waals surface area contributed by atoms with Crippen LogP contribution in [0.4, 0.5) is 0 Å². The smallest absolute Gasteiger partial charge is 0.337 e. The fraction of sp³-hybridized carbons (Fsp3) is 0.300. The van der Waals surface area contributed by atoms with Gasteiger partial charge >= 0.3 is 5.97 Å². The van der Waals surface area contributed by atoms with Gasteiger partial charge in [0, 0.05) is 42.7 Å². The minimum atomic E-state index is -0.954. The minimum absolute atomic E-state index is 0.243. The number of aromatic carboxylic acids is 1. The number of hydrogen-bond donors (Lipinski definition) is 1. The number of aryl methyl sites for hydroxylation is 1. The van der Waals surface area contributed by atoms with Gasteiger partial charge in [-0.15, -0.1) is 0 Å². The lowest BCUT2D eigenvalue weighted by molar-refractivity contribution is 0.0696. The highest BCUT2D eigenvalue weighted by atomic mass is 16.4. The molecule has 1 aromatic carbocycles. The molecular formula is C20H21N5O2. The van der Waals surface area contributed by atoms with Crippen molar-refractivity contribution < 1.29 is 9.90 Å². The number of nitrogens with zero attached hydrogens (tertiary/aromatic N) is 5. The molecule has 4 rings (SSSR count). The molecule has 3 aromatic rings. The summed E-state index contributed by atoms with van der Waals surface area (Å²) in [6, 6.07) is 8.90. The molecule has 7 heteroatoms. The standard InChI is InChI=1S/C20H21N5O2/c1-14-21-8-6-18(23-14)16-7-9-24(13-16)11-15-10-22-25(12-15)19-5-3-2-4-17(19)20(26)27/h2-6,8,10,12,16H,7,9,11,13H2,1H3,(H,26,27)/t16-/m0/s1. The zero-order valence-corrected chi connectivity index (χ0v) is 15.1. The normalized spacial score (nSPS) is 17.3. The molecule has 1 N–H and O–H groups in total. The molecule has 0 radical (unpaired) electrons. The Labute approximate surface area is 157 Å². The third-order valence-electron chi connectivity index (χ3n) is 4.91. The van der Waals surface area contributed by atoms with E-state index in [1.165, 1.54) is 0 Å². The highest BCUT2D eigenvalue weighted by Gasteiger charge is 2.25. The number of benzene rings is 1. The second-order valence-corrected chi connectivity index (χ2v) is 6.86. The molecule has 0 unspecified atom stereocenters. The molecule has 3 heterocycles. The number of para-hydroxylation sites is 1. The lowest BCUT2D eigenvalue weighted by Crippen LogP contribution is -2.19. The van der Waals surface area contributed by atoms with Crippen LogP contribution >= 0.6 is 0 Å². The lowest BCUT2D eigenvalue weighted by atomic mass is 10.1. The summed E-state index contributed by atoms with van der Waals surface area (Å²) in [6.07, 6.45) is 6.61. The lowest BCUT2D eigenvalue weighted by Gasteiger charge is -2.14. The Bertz CT molecular complexity index is 968. The molecule has 0 spiro atoms. The van der Waals surface area contributed by atoms with Gasteiger partial charge in [-0.1, -0.05) is 12.1 Å². The number of carbonyl (C=O) groups is 1. The van der Waals surface area contributed by atoms with Crippen LogP contribution in [0, 0.1) is 6.92 Å². The summed E-state index contributed by atoms with van der Waals surface area (Å²) >= 11 is 0. The van der Waals surface area contributed by atoms with Gasteiger partial charge in [0.1, 0.15) is 5.82 Å².